The third kappa shape index (κ3) is 3.69. The Morgan fingerprint density at radius 2 is 1.84 bits per heavy atom. The SMILES string of the molecule is CCC1CC(C(=O)O)C(C(=O)NC(C)(C)C(C)O)C1. The highest BCUT2D eigenvalue weighted by Crippen LogP contribution is 2.38. The molecule has 4 unspecified atom stereocenters. The summed E-state index contributed by atoms with van der Waals surface area (Å²) in [4.78, 5) is 23.5. The zero-order chi connectivity index (χ0) is 14.8. The molecule has 110 valence electrons. The number of carboxylic acids is 1. The molecule has 3 N–H and O–H groups in total. The van der Waals surface area contributed by atoms with Gasteiger partial charge in [0, 0.05) is 0 Å². The van der Waals surface area contributed by atoms with Gasteiger partial charge in [-0.2, -0.15) is 0 Å². The van der Waals surface area contributed by atoms with Gasteiger partial charge in [0.05, 0.1) is 23.5 Å². The molecule has 0 spiro atoms. The molecule has 1 aliphatic rings. The van der Waals surface area contributed by atoms with Crippen LogP contribution in [0.1, 0.15) is 47.0 Å². The van der Waals surface area contributed by atoms with Crippen molar-refractivity contribution in [3.05, 3.63) is 0 Å². The van der Waals surface area contributed by atoms with E-state index >= 15 is 0 Å². The van der Waals surface area contributed by atoms with Gasteiger partial charge in [-0.25, -0.2) is 0 Å². The first-order valence-corrected chi connectivity index (χ1v) is 6.92. The molecule has 0 aromatic heterocycles. The number of nitrogens with one attached hydrogen (secondary N) is 1. The second-order valence-electron chi connectivity index (χ2n) is 6.18. The average molecular weight is 271 g/mol. The minimum absolute atomic E-state index is 0.255. The van der Waals surface area contributed by atoms with Crippen molar-refractivity contribution in [2.75, 3.05) is 0 Å². The van der Waals surface area contributed by atoms with Gasteiger partial charge in [-0.05, 0) is 39.5 Å². The number of aliphatic carboxylic acids is 1. The van der Waals surface area contributed by atoms with Gasteiger partial charge in [-0.15, -0.1) is 0 Å². The van der Waals surface area contributed by atoms with Crippen LogP contribution in [0.3, 0.4) is 0 Å². The van der Waals surface area contributed by atoms with Crippen molar-refractivity contribution in [1.82, 2.24) is 5.32 Å². The number of aliphatic hydroxyl groups excluding tert-OH is 1. The zero-order valence-corrected chi connectivity index (χ0v) is 12.1. The molecule has 1 fully saturated rings. The Bertz CT molecular complexity index is 351. The summed E-state index contributed by atoms with van der Waals surface area (Å²) in [6.07, 6.45) is 1.39. The first kappa shape index (κ1) is 16.0. The lowest BCUT2D eigenvalue weighted by Gasteiger charge is -2.31. The molecular formula is C14H25NO4. The van der Waals surface area contributed by atoms with Gasteiger partial charge in [-0.3, -0.25) is 9.59 Å². The van der Waals surface area contributed by atoms with E-state index in [9.17, 15) is 19.8 Å². The topological polar surface area (TPSA) is 86.6 Å². The average Bonchev–Trinajstić information content (AvgIpc) is 2.72. The third-order valence-corrected chi connectivity index (χ3v) is 4.38. The molecule has 1 saturated carbocycles. The van der Waals surface area contributed by atoms with E-state index in [1.807, 2.05) is 6.92 Å². The lowest BCUT2D eigenvalue weighted by atomic mass is 9.92. The van der Waals surface area contributed by atoms with E-state index in [2.05, 4.69) is 5.32 Å². The van der Waals surface area contributed by atoms with Crippen LogP contribution in [0, 0.1) is 17.8 Å². The fourth-order valence-corrected chi connectivity index (χ4v) is 2.55. The highest BCUT2D eigenvalue weighted by atomic mass is 16.4. The van der Waals surface area contributed by atoms with Crippen LogP contribution in [0.15, 0.2) is 0 Å². The van der Waals surface area contributed by atoms with E-state index in [0.717, 1.165) is 6.42 Å². The standard InChI is InChI=1S/C14H25NO4/c1-5-9-6-10(11(7-9)13(18)19)12(17)15-14(3,4)8(2)16/h8-11,16H,5-7H2,1-4H3,(H,15,17)(H,18,19). The van der Waals surface area contributed by atoms with E-state index < -0.39 is 29.4 Å². The van der Waals surface area contributed by atoms with Crippen LogP contribution >= 0.6 is 0 Å². The molecule has 0 aromatic rings. The number of carboxylic acid groups (broad SMARTS) is 1. The minimum Gasteiger partial charge on any atom is -0.481 e. The number of carbonyl (C=O) groups is 2. The van der Waals surface area contributed by atoms with Crippen LogP contribution in [0.4, 0.5) is 0 Å². The van der Waals surface area contributed by atoms with Gasteiger partial charge in [0.15, 0.2) is 0 Å². The summed E-state index contributed by atoms with van der Waals surface area (Å²) in [6.45, 7) is 7.09. The molecule has 1 rings (SSSR count). The van der Waals surface area contributed by atoms with Crippen LogP contribution in [0.25, 0.3) is 0 Å². The molecule has 1 amide bonds. The summed E-state index contributed by atoms with van der Waals surface area (Å²) < 4.78 is 0. The quantitative estimate of drug-likeness (QED) is 0.705. The molecule has 0 heterocycles. The van der Waals surface area contributed by atoms with Crippen molar-refractivity contribution in [3.8, 4) is 0 Å². The van der Waals surface area contributed by atoms with Crippen LogP contribution in [0.5, 0.6) is 0 Å². The van der Waals surface area contributed by atoms with Crippen LogP contribution in [0.2, 0.25) is 0 Å². The second kappa shape index (κ2) is 5.90. The minimum atomic E-state index is -0.897. The van der Waals surface area contributed by atoms with Crippen molar-refractivity contribution < 1.29 is 19.8 Å². The number of carbonyl (C=O) groups excluding carboxylic acids is 1. The molecular weight excluding hydrogens is 246 g/mol. The van der Waals surface area contributed by atoms with E-state index in [4.69, 9.17) is 0 Å². The monoisotopic (exact) mass is 271 g/mol. The molecule has 0 bridgehead atoms. The number of aliphatic hydroxyl groups is 1. The molecule has 5 heteroatoms. The first-order chi connectivity index (χ1) is 8.69. The van der Waals surface area contributed by atoms with Gasteiger partial charge < -0.3 is 15.5 Å². The Labute approximate surface area is 114 Å². The van der Waals surface area contributed by atoms with Crippen molar-refractivity contribution in [2.24, 2.45) is 17.8 Å². The van der Waals surface area contributed by atoms with Crippen LogP contribution < -0.4 is 5.32 Å². The van der Waals surface area contributed by atoms with Crippen molar-refractivity contribution in [3.63, 3.8) is 0 Å². The molecule has 4 atom stereocenters. The lowest BCUT2D eigenvalue weighted by Crippen LogP contribution is -2.53. The Morgan fingerprint density at radius 3 is 2.26 bits per heavy atom. The van der Waals surface area contributed by atoms with E-state index in [-0.39, 0.29) is 5.91 Å². The summed E-state index contributed by atoms with van der Waals surface area (Å²) in [6, 6.07) is 0. The highest BCUT2D eigenvalue weighted by molar-refractivity contribution is 5.85. The number of rotatable bonds is 5. The predicted octanol–water partition coefficient (Wildman–Crippen LogP) is 1.40. The van der Waals surface area contributed by atoms with Gasteiger partial charge >= 0.3 is 5.97 Å². The molecule has 0 radical (unpaired) electrons. The van der Waals surface area contributed by atoms with Crippen molar-refractivity contribution in [1.29, 1.82) is 0 Å². The summed E-state index contributed by atoms with van der Waals surface area (Å²) in [7, 11) is 0. The fraction of sp³-hybridized carbons (Fsp3) is 0.857. The predicted molar refractivity (Wildman–Crippen MR) is 71.5 cm³/mol. The maximum Gasteiger partial charge on any atom is 0.307 e. The van der Waals surface area contributed by atoms with Gasteiger partial charge in [0.25, 0.3) is 0 Å². The number of hydrogen-bond donors (Lipinski definition) is 3. The smallest absolute Gasteiger partial charge is 0.307 e. The summed E-state index contributed by atoms with van der Waals surface area (Å²) in [5.41, 5.74) is -0.746. The maximum absolute atomic E-state index is 12.3. The van der Waals surface area contributed by atoms with Crippen LogP contribution in [-0.4, -0.2) is 33.7 Å². The molecule has 5 nitrogen and oxygen atoms in total. The maximum atomic E-state index is 12.3. The Morgan fingerprint density at radius 1 is 1.32 bits per heavy atom. The summed E-state index contributed by atoms with van der Waals surface area (Å²) in [5.74, 6) is -1.94. The lowest BCUT2D eigenvalue weighted by molar-refractivity contribution is -0.146. The Kier molecular flexibility index (Phi) is 4.96. The molecule has 19 heavy (non-hydrogen) atoms. The van der Waals surface area contributed by atoms with Gasteiger partial charge in [0.2, 0.25) is 5.91 Å². The third-order valence-electron chi connectivity index (χ3n) is 4.38. The highest BCUT2D eigenvalue weighted by Gasteiger charge is 2.43. The second-order valence-corrected chi connectivity index (χ2v) is 6.18. The molecule has 0 aromatic carbocycles. The Hall–Kier alpha value is -1.10. The van der Waals surface area contributed by atoms with Crippen molar-refractivity contribution in [2.45, 2.75) is 58.6 Å². The molecule has 1 aliphatic carbocycles. The van der Waals surface area contributed by atoms with Crippen molar-refractivity contribution >= 4 is 11.9 Å². The summed E-state index contributed by atoms with van der Waals surface area (Å²) in [5, 5.41) is 21.6. The van der Waals surface area contributed by atoms with E-state index in [1.54, 1.807) is 20.8 Å². The number of amides is 1. The Balaban J connectivity index is 2.77. The fourth-order valence-electron chi connectivity index (χ4n) is 2.55. The van der Waals surface area contributed by atoms with E-state index in [0.29, 0.717) is 18.8 Å². The summed E-state index contributed by atoms with van der Waals surface area (Å²) >= 11 is 0. The van der Waals surface area contributed by atoms with Gasteiger partial charge in [-0.1, -0.05) is 13.3 Å². The zero-order valence-electron chi connectivity index (χ0n) is 12.1. The molecule has 0 saturated heterocycles. The largest absolute Gasteiger partial charge is 0.481 e. The molecule has 0 aliphatic heterocycles. The first-order valence-electron chi connectivity index (χ1n) is 6.92. The van der Waals surface area contributed by atoms with E-state index in [1.165, 1.54) is 0 Å². The number of hydrogen-bond acceptors (Lipinski definition) is 3. The van der Waals surface area contributed by atoms with Crippen LogP contribution in [-0.2, 0) is 9.59 Å². The van der Waals surface area contributed by atoms with Gasteiger partial charge in [0.1, 0.15) is 0 Å². The normalized spacial score (nSPS) is 29.0.